The van der Waals surface area contributed by atoms with E-state index in [1.54, 1.807) is 0 Å². The zero-order valence-corrected chi connectivity index (χ0v) is 9.46. The minimum Gasteiger partial charge on any atom is -0.372 e. The third-order valence-electron chi connectivity index (χ3n) is 2.38. The molecule has 2 N–H and O–H groups in total. The van der Waals surface area contributed by atoms with Crippen molar-refractivity contribution in [3.8, 4) is 0 Å². The molecule has 0 spiro atoms. The van der Waals surface area contributed by atoms with Crippen molar-refractivity contribution in [2.45, 2.75) is 57.6 Å². The van der Waals surface area contributed by atoms with Gasteiger partial charge in [0.1, 0.15) is 0 Å². The highest BCUT2D eigenvalue weighted by atomic mass is 16.5. The van der Waals surface area contributed by atoms with Crippen LogP contribution >= 0.6 is 0 Å². The monoisotopic (exact) mass is 197 g/mol. The Kier molecular flexibility index (Phi) is 4.63. The molecular formula is C12H23NO. The third-order valence-corrected chi connectivity index (χ3v) is 2.38. The predicted octanol–water partition coefficient (Wildman–Crippen LogP) is 2.63. The quantitative estimate of drug-likeness (QED) is 0.706. The van der Waals surface area contributed by atoms with Crippen LogP contribution < -0.4 is 5.73 Å². The molecule has 0 saturated heterocycles. The highest BCUT2D eigenvalue weighted by Gasteiger charge is 2.14. The van der Waals surface area contributed by atoms with E-state index >= 15 is 0 Å². The molecule has 14 heavy (non-hydrogen) atoms. The Balaban J connectivity index is 2.30. The van der Waals surface area contributed by atoms with Gasteiger partial charge in [-0.2, -0.15) is 0 Å². The molecule has 0 heterocycles. The summed E-state index contributed by atoms with van der Waals surface area (Å²) in [5.41, 5.74) is 5.66. The maximum atomic E-state index is 5.87. The summed E-state index contributed by atoms with van der Waals surface area (Å²) in [6, 6.07) is 0. The Morgan fingerprint density at radius 1 is 1.36 bits per heavy atom. The van der Waals surface area contributed by atoms with Crippen molar-refractivity contribution in [2.24, 2.45) is 5.73 Å². The molecule has 0 bridgehead atoms. The van der Waals surface area contributed by atoms with E-state index in [4.69, 9.17) is 10.5 Å². The van der Waals surface area contributed by atoms with Crippen LogP contribution in [0.2, 0.25) is 0 Å². The van der Waals surface area contributed by atoms with Crippen LogP contribution in [0.1, 0.15) is 46.0 Å². The second kappa shape index (κ2) is 5.52. The number of ether oxygens (including phenoxy) is 1. The molecule has 0 aromatic carbocycles. The largest absolute Gasteiger partial charge is 0.372 e. The summed E-state index contributed by atoms with van der Waals surface area (Å²) in [5.74, 6) is 0. The molecule has 82 valence electrons. The van der Waals surface area contributed by atoms with Gasteiger partial charge in [0.05, 0.1) is 12.7 Å². The van der Waals surface area contributed by atoms with Crippen LogP contribution in [-0.2, 0) is 4.74 Å². The number of allylic oxidation sites excluding steroid dienone is 1. The summed E-state index contributed by atoms with van der Waals surface area (Å²) in [5, 5.41) is 0. The first-order valence-corrected chi connectivity index (χ1v) is 5.65. The molecule has 0 amide bonds. The molecule has 1 unspecified atom stereocenters. The Bertz CT molecular complexity index is 181. The van der Waals surface area contributed by atoms with E-state index in [1.165, 1.54) is 25.7 Å². The fraction of sp³-hybridized carbons (Fsp3) is 0.833. The molecular weight excluding hydrogens is 174 g/mol. The Morgan fingerprint density at radius 2 is 2.14 bits per heavy atom. The van der Waals surface area contributed by atoms with Gasteiger partial charge in [-0.1, -0.05) is 25.0 Å². The average molecular weight is 197 g/mol. The van der Waals surface area contributed by atoms with Crippen molar-refractivity contribution < 1.29 is 4.74 Å². The lowest BCUT2D eigenvalue weighted by molar-refractivity contribution is 0.0484. The van der Waals surface area contributed by atoms with E-state index in [-0.39, 0.29) is 11.6 Å². The molecule has 1 aliphatic carbocycles. The molecule has 2 heteroatoms. The Labute approximate surface area is 87.5 Å². The van der Waals surface area contributed by atoms with Gasteiger partial charge in [-0.25, -0.2) is 0 Å². The maximum Gasteiger partial charge on any atom is 0.0756 e. The van der Waals surface area contributed by atoms with E-state index < -0.39 is 0 Å². The number of nitrogens with two attached hydrogens (primary N) is 1. The number of hydrogen-bond donors (Lipinski definition) is 1. The highest BCUT2D eigenvalue weighted by molar-refractivity contribution is 4.91. The van der Waals surface area contributed by atoms with Gasteiger partial charge in [0.15, 0.2) is 0 Å². The molecule has 0 saturated carbocycles. The average Bonchev–Trinajstić information content (AvgIpc) is 2.00. The Morgan fingerprint density at radius 3 is 2.86 bits per heavy atom. The van der Waals surface area contributed by atoms with Crippen LogP contribution in [0.3, 0.4) is 0 Å². The lowest BCUT2D eigenvalue weighted by atomic mass is 10.0. The summed E-state index contributed by atoms with van der Waals surface area (Å²) in [4.78, 5) is 0. The van der Waals surface area contributed by atoms with Gasteiger partial charge in [-0.3, -0.25) is 0 Å². The summed E-state index contributed by atoms with van der Waals surface area (Å²) < 4.78 is 5.77. The van der Waals surface area contributed by atoms with E-state index in [9.17, 15) is 0 Å². The smallest absolute Gasteiger partial charge is 0.0756 e. The second-order valence-electron chi connectivity index (χ2n) is 4.90. The van der Waals surface area contributed by atoms with Crippen molar-refractivity contribution in [1.29, 1.82) is 0 Å². The van der Waals surface area contributed by atoms with Gasteiger partial charge < -0.3 is 10.5 Å². The topological polar surface area (TPSA) is 35.2 Å². The van der Waals surface area contributed by atoms with Crippen LogP contribution in [0.25, 0.3) is 0 Å². The first kappa shape index (κ1) is 11.7. The zero-order valence-electron chi connectivity index (χ0n) is 9.46. The van der Waals surface area contributed by atoms with Crippen LogP contribution in [-0.4, -0.2) is 18.2 Å². The maximum absolute atomic E-state index is 5.87. The highest BCUT2D eigenvalue weighted by Crippen LogP contribution is 2.15. The number of hydrogen-bond acceptors (Lipinski definition) is 2. The van der Waals surface area contributed by atoms with Crippen LogP contribution in [0, 0.1) is 0 Å². The third kappa shape index (κ3) is 5.40. The molecule has 1 rings (SSSR count). The molecule has 0 fully saturated rings. The summed E-state index contributed by atoms with van der Waals surface area (Å²) >= 11 is 0. The standard InChI is InChI=1S/C12H23NO/c1-12(2,13)10-14-11-8-6-4-3-5-7-9-11/h6,8,11H,3-5,7,9-10,13H2,1-2H3/b8-6-. The minimum atomic E-state index is -0.212. The van der Waals surface area contributed by atoms with E-state index in [0.717, 1.165) is 6.42 Å². The van der Waals surface area contributed by atoms with Crippen molar-refractivity contribution in [3.63, 3.8) is 0 Å². The SMILES string of the molecule is CC(C)(N)COC1/C=C\CCCCC1. The van der Waals surface area contributed by atoms with E-state index in [1.807, 2.05) is 13.8 Å². The first-order chi connectivity index (χ1) is 6.58. The van der Waals surface area contributed by atoms with Gasteiger partial charge in [0, 0.05) is 5.54 Å². The molecule has 0 radical (unpaired) electrons. The van der Waals surface area contributed by atoms with Gasteiger partial charge >= 0.3 is 0 Å². The van der Waals surface area contributed by atoms with E-state index in [2.05, 4.69) is 12.2 Å². The minimum absolute atomic E-state index is 0.212. The second-order valence-corrected chi connectivity index (χ2v) is 4.90. The lowest BCUT2D eigenvalue weighted by Gasteiger charge is -2.23. The van der Waals surface area contributed by atoms with E-state index in [0.29, 0.717) is 6.61 Å². The Hall–Kier alpha value is -0.340. The van der Waals surface area contributed by atoms with Gasteiger partial charge in [-0.15, -0.1) is 0 Å². The molecule has 1 atom stereocenters. The zero-order chi connectivity index (χ0) is 10.4. The van der Waals surface area contributed by atoms with Crippen molar-refractivity contribution >= 4 is 0 Å². The van der Waals surface area contributed by atoms with Crippen molar-refractivity contribution in [2.75, 3.05) is 6.61 Å². The van der Waals surface area contributed by atoms with Crippen LogP contribution in [0.15, 0.2) is 12.2 Å². The first-order valence-electron chi connectivity index (χ1n) is 5.65. The molecule has 1 aliphatic rings. The van der Waals surface area contributed by atoms with Crippen LogP contribution in [0.5, 0.6) is 0 Å². The summed E-state index contributed by atoms with van der Waals surface area (Å²) in [6.07, 6.45) is 11.0. The predicted molar refractivity (Wildman–Crippen MR) is 60.2 cm³/mol. The van der Waals surface area contributed by atoms with Gasteiger partial charge in [0.2, 0.25) is 0 Å². The molecule has 2 nitrogen and oxygen atoms in total. The van der Waals surface area contributed by atoms with Crippen LogP contribution in [0.4, 0.5) is 0 Å². The number of rotatable bonds is 3. The van der Waals surface area contributed by atoms with Gasteiger partial charge in [0.25, 0.3) is 0 Å². The molecule has 0 aromatic heterocycles. The summed E-state index contributed by atoms with van der Waals surface area (Å²) in [6.45, 7) is 4.64. The summed E-state index contributed by atoms with van der Waals surface area (Å²) in [7, 11) is 0. The van der Waals surface area contributed by atoms with Crippen molar-refractivity contribution in [1.82, 2.24) is 0 Å². The lowest BCUT2D eigenvalue weighted by Crippen LogP contribution is -2.38. The fourth-order valence-corrected chi connectivity index (χ4v) is 1.59. The fourth-order valence-electron chi connectivity index (χ4n) is 1.59. The normalized spacial score (nSPS) is 26.6. The molecule has 0 aromatic rings. The molecule has 0 aliphatic heterocycles. The van der Waals surface area contributed by atoms with Gasteiger partial charge in [-0.05, 0) is 33.1 Å². The van der Waals surface area contributed by atoms with Crippen molar-refractivity contribution in [3.05, 3.63) is 12.2 Å².